The van der Waals surface area contributed by atoms with Crippen LogP contribution in [-0.4, -0.2) is 49.2 Å². The number of morpholine rings is 1. The van der Waals surface area contributed by atoms with E-state index in [9.17, 15) is 4.79 Å². The molecule has 0 aliphatic carbocycles. The standard InChI is InChI=1S/C12H20N2O2/c1-4-6-13-7-12(15)14-8-10(3)16-9-11(14)5-2/h1,10-11,13H,5-9H2,2-3H3. The van der Waals surface area contributed by atoms with Gasteiger partial charge < -0.3 is 9.64 Å². The van der Waals surface area contributed by atoms with E-state index in [1.165, 1.54) is 0 Å². The van der Waals surface area contributed by atoms with Gasteiger partial charge in [-0.2, -0.15) is 0 Å². The number of ether oxygens (including phenoxy) is 1. The second-order valence-electron chi connectivity index (χ2n) is 4.06. The molecule has 0 saturated carbocycles. The van der Waals surface area contributed by atoms with Crippen molar-refractivity contribution in [3.8, 4) is 12.3 Å². The number of rotatable bonds is 4. The molecule has 2 unspecified atom stereocenters. The van der Waals surface area contributed by atoms with Crippen molar-refractivity contribution in [2.24, 2.45) is 0 Å². The van der Waals surface area contributed by atoms with Gasteiger partial charge in [0.25, 0.3) is 0 Å². The molecule has 1 fully saturated rings. The van der Waals surface area contributed by atoms with E-state index >= 15 is 0 Å². The Morgan fingerprint density at radius 3 is 3.06 bits per heavy atom. The van der Waals surface area contributed by atoms with Crippen molar-refractivity contribution in [1.82, 2.24) is 10.2 Å². The zero-order valence-corrected chi connectivity index (χ0v) is 10.0. The summed E-state index contributed by atoms with van der Waals surface area (Å²) in [6.45, 7) is 6.11. The molecule has 2 atom stereocenters. The molecule has 1 heterocycles. The molecule has 1 rings (SSSR count). The van der Waals surface area contributed by atoms with E-state index in [2.05, 4.69) is 18.2 Å². The van der Waals surface area contributed by atoms with Gasteiger partial charge in [-0.05, 0) is 13.3 Å². The number of hydrogen-bond acceptors (Lipinski definition) is 3. The Balaban J connectivity index is 2.47. The Hall–Kier alpha value is -1.05. The first-order valence-corrected chi connectivity index (χ1v) is 5.74. The van der Waals surface area contributed by atoms with E-state index in [4.69, 9.17) is 11.2 Å². The molecule has 0 spiro atoms. The molecule has 4 heteroatoms. The fourth-order valence-corrected chi connectivity index (χ4v) is 1.83. The highest BCUT2D eigenvalue weighted by atomic mass is 16.5. The fraction of sp³-hybridized carbons (Fsp3) is 0.750. The molecule has 90 valence electrons. The van der Waals surface area contributed by atoms with Crippen molar-refractivity contribution >= 4 is 5.91 Å². The quantitative estimate of drug-likeness (QED) is 0.549. The third-order valence-corrected chi connectivity index (χ3v) is 2.76. The molecule has 1 aliphatic heterocycles. The summed E-state index contributed by atoms with van der Waals surface area (Å²) in [6, 6.07) is 0.205. The summed E-state index contributed by atoms with van der Waals surface area (Å²) in [6.07, 6.45) is 6.16. The van der Waals surface area contributed by atoms with Crippen molar-refractivity contribution in [1.29, 1.82) is 0 Å². The topological polar surface area (TPSA) is 41.6 Å². The Morgan fingerprint density at radius 1 is 1.69 bits per heavy atom. The molecule has 4 nitrogen and oxygen atoms in total. The Labute approximate surface area is 97.3 Å². The molecule has 0 radical (unpaired) electrons. The summed E-state index contributed by atoms with van der Waals surface area (Å²) >= 11 is 0. The van der Waals surface area contributed by atoms with Gasteiger partial charge in [0.15, 0.2) is 0 Å². The SMILES string of the molecule is C#CCNCC(=O)N1CC(C)OCC1CC. The van der Waals surface area contributed by atoms with E-state index in [1.807, 2.05) is 11.8 Å². The van der Waals surface area contributed by atoms with Crippen LogP contribution in [0.15, 0.2) is 0 Å². The van der Waals surface area contributed by atoms with Crippen molar-refractivity contribution in [2.75, 3.05) is 26.2 Å². The van der Waals surface area contributed by atoms with E-state index in [0.29, 0.717) is 26.2 Å². The number of carbonyl (C=O) groups excluding carboxylic acids is 1. The van der Waals surface area contributed by atoms with Gasteiger partial charge in [0, 0.05) is 6.54 Å². The summed E-state index contributed by atoms with van der Waals surface area (Å²) in [5.74, 6) is 2.56. The maximum atomic E-state index is 11.9. The second kappa shape index (κ2) is 6.51. The van der Waals surface area contributed by atoms with Crippen LogP contribution in [0.25, 0.3) is 0 Å². The van der Waals surface area contributed by atoms with E-state index in [0.717, 1.165) is 6.42 Å². The van der Waals surface area contributed by atoms with Crippen molar-refractivity contribution in [3.05, 3.63) is 0 Å². The van der Waals surface area contributed by atoms with E-state index < -0.39 is 0 Å². The number of carbonyl (C=O) groups is 1. The van der Waals surface area contributed by atoms with Crippen LogP contribution in [0.1, 0.15) is 20.3 Å². The fourth-order valence-electron chi connectivity index (χ4n) is 1.83. The largest absolute Gasteiger partial charge is 0.375 e. The molecule has 0 aromatic carbocycles. The van der Waals surface area contributed by atoms with Crippen LogP contribution >= 0.6 is 0 Å². The van der Waals surface area contributed by atoms with Gasteiger partial charge in [0.2, 0.25) is 5.91 Å². The molecule has 1 saturated heterocycles. The average molecular weight is 224 g/mol. The summed E-state index contributed by atoms with van der Waals surface area (Å²) in [5.41, 5.74) is 0. The number of amides is 1. The second-order valence-corrected chi connectivity index (χ2v) is 4.06. The van der Waals surface area contributed by atoms with Crippen LogP contribution in [0, 0.1) is 12.3 Å². The lowest BCUT2D eigenvalue weighted by Gasteiger charge is -2.38. The van der Waals surface area contributed by atoms with Crippen LogP contribution in [0.4, 0.5) is 0 Å². The Morgan fingerprint density at radius 2 is 2.44 bits per heavy atom. The molecular formula is C12H20N2O2. The molecule has 1 N–H and O–H groups in total. The first kappa shape index (κ1) is 13.0. The minimum absolute atomic E-state index is 0.109. The molecule has 0 aromatic rings. The molecular weight excluding hydrogens is 204 g/mol. The van der Waals surface area contributed by atoms with Gasteiger partial charge >= 0.3 is 0 Å². The van der Waals surface area contributed by atoms with Crippen LogP contribution in [-0.2, 0) is 9.53 Å². The smallest absolute Gasteiger partial charge is 0.236 e. The first-order chi connectivity index (χ1) is 7.69. The predicted molar refractivity (Wildman–Crippen MR) is 62.9 cm³/mol. The normalized spacial score (nSPS) is 25.2. The predicted octanol–water partition coefficient (Wildman–Crippen LogP) is 0.235. The monoisotopic (exact) mass is 224 g/mol. The summed E-state index contributed by atoms with van der Waals surface area (Å²) in [5, 5.41) is 2.92. The highest BCUT2D eigenvalue weighted by Gasteiger charge is 2.28. The number of hydrogen-bond donors (Lipinski definition) is 1. The van der Waals surface area contributed by atoms with Gasteiger partial charge in [0.05, 0.1) is 31.8 Å². The maximum absolute atomic E-state index is 11.9. The minimum Gasteiger partial charge on any atom is -0.375 e. The molecule has 0 aromatic heterocycles. The van der Waals surface area contributed by atoms with E-state index in [-0.39, 0.29) is 18.1 Å². The van der Waals surface area contributed by atoms with Crippen LogP contribution < -0.4 is 5.32 Å². The lowest BCUT2D eigenvalue weighted by Crippen LogP contribution is -2.53. The van der Waals surface area contributed by atoms with Crippen molar-refractivity contribution < 1.29 is 9.53 Å². The summed E-state index contributed by atoms with van der Waals surface area (Å²) in [4.78, 5) is 13.8. The number of nitrogens with zero attached hydrogens (tertiary/aromatic N) is 1. The van der Waals surface area contributed by atoms with Crippen molar-refractivity contribution in [2.45, 2.75) is 32.4 Å². The van der Waals surface area contributed by atoms with E-state index in [1.54, 1.807) is 0 Å². The van der Waals surface area contributed by atoms with Gasteiger partial charge in [-0.1, -0.05) is 12.8 Å². The summed E-state index contributed by atoms with van der Waals surface area (Å²) in [7, 11) is 0. The lowest BCUT2D eigenvalue weighted by atomic mass is 10.1. The molecule has 1 amide bonds. The molecule has 1 aliphatic rings. The molecule has 16 heavy (non-hydrogen) atoms. The highest BCUT2D eigenvalue weighted by molar-refractivity contribution is 5.78. The number of terminal acetylenes is 1. The maximum Gasteiger partial charge on any atom is 0.236 e. The highest BCUT2D eigenvalue weighted by Crippen LogP contribution is 2.14. The Bertz CT molecular complexity index is 273. The Kier molecular flexibility index (Phi) is 5.30. The zero-order chi connectivity index (χ0) is 12.0. The molecule has 0 bridgehead atoms. The first-order valence-electron chi connectivity index (χ1n) is 5.74. The number of nitrogens with one attached hydrogen (secondary N) is 1. The van der Waals surface area contributed by atoms with Gasteiger partial charge in [-0.25, -0.2) is 0 Å². The third-order valence-electron chi connectivity index (χ3n) is 2.76. The van der Waals surface area contributed by atoms with Gasteiger partial charge in [-0.15, -0.1) is 6.42 Å². The lowest BCUT2D eigenvalue weighted by molar-refractivity contribution is -0.143. The third kappa shape index (κ3) is 3.51. The zero-order valence-electron chi connectivity index (χ0n) is 10.0. The van der Waals surface area contributed by atoms with Crippen LogP contribution in [0.2, 0.25) is 0 Å². The van der Waals surface area contributed by atoms with Crippen LogP contribution in [0.3, 0.4) is 0 Å². The summed E-state index contributed by atoms with van der Waals surface area (Å²) < 4.78 is 5.54. The van der Waals surface area contributed by atoms with Gasteiger partial charge in [-0.3, -0.25) is 10.1 Å². The minimum atomic E-state index is 0.109. The van der Waals surface area contributed by atoms with Crippen LogP contribution in [0.5, 0.6) is 0 Å². The van der Waals surface area contributed by atoms with Crippen molar-refractivity contribution in [3.63, 3.8) is 0 Å². The average Bonchev–Trinajstić information content (AvgIpc) is 2.29. The van der Waals surface area contributed by atoms with Gasteiger partial charge in [0.1, 0.15) is 0 Å².